The Bertz CT molecular complexity index is 433. The average molecular weight is 230 g/mol. The van der Waals surface area contributed by atoms with Crippen molar-refractivity contribution in [1.29, 1.82) is 0 Å². The van der Waals surface area contributed by atoms with Gasteiger partial charge in [-0.15, -0.1) is 0 Å². The van der Waals surface area contributed by atoms with Crippen molar-refractivity contribution in [2.75, 3.05) is 6.54 Å². The Labute approximate surface area is 101 Å². The number of likely N-dealkylation sites (N-methyl/N-ethyl adjacent to an activating group) is 1. The summed E-state index contributed by atoms with van der Waals surface area (Å²) in [5.41, 5.74) is 3.56. The standard InChI is InChI=1S/C13H18N4/c1-3-14-12(13-9-15-17-16-13)8-11-6-4-10(2)5-7-11/h4-7,9,12,14H,3,8H2,1-2H3,(H,15,16,17). The van der Waals surface area contributed by atoms with E-state index in [1.54, 1.807) is 6.20 Å². The molecule has 0 saturated heterocycles. The Morgan fingerprint density at radius 1 is 1.29 bits per heavy atom. The van der Waals surface area contributed by atoms with Gasteiger partial charge in [-0.3, -0.25) is 0 Å². The third-order valence-corrected chi connectivity index (χ3v) is 2.80. The maximum atomic E-state index is 4.15. The normalized spacial score (nSPS) is 12.6. The molecule has 0 saturated carbocycles. The van der Waals surface area contributed by atoms with Crippen LogP contribution in [0.3, 0.4) is 0 Å². The number of aromatic amines is 1. The molecule has 90 valence electrons. The van der Waals surface area contributed by atoms with Crippen molar-refractivity contribution in [2.24, 2.45) is 0 Å². The van der Waals surface area contributed by atoms with Gasteiger partial charge in [-0.2, -0.15) is 15.4 Å². The molecule has 1 aromatic carbocycles. The molecule has 1 unspecified atom stereocenters. The molecule has 0 aliphatic rings. The second-order valence-corrected chi connectivity index (χ2v) is 4.19. The van der Waals surface area contributed by atoms with E-state index in [0.29, 0.717) is 0 Å². The summed E-state index contributed by atoms with van der Waals surface area (Å²) in [6, 6.07) is 8.84. The number of H-pyrrole nitrogens is 1. The second kappa shape index (κ2) is 5.59. The maximum absolute atomic E-state index is 4.15. The highest BCUT2D eigenvalue weighted by Gasteiger charge is 2.13. The van der Waals surface area contributed by atoms with E-state index in [4.69, 9.17) is 0 Å². The zero-order valence-electron chi connectivity index (χ0n) is 10.3. The fourth-order valence-electron chi connectivity index (χ4n) is 1.87. The molecule has 2 aromatic rings. The van der Waals surface area contributed by atoms with E-state index >= 15 is 0 Å². The van der Waals surface area contributed by atoms with Crippen LogP contribution in [0.5, 0.6) is 0 Å². The topological polar surface area (TPSA) is 53.6 Å². The van der Waals surface area contributed by atoms with Gasteiger partial charge in [0.05, 0.1) is 17.9 Å². The molecule has 0 amide bonds. The lowest BCUT2D eigenvalue weighted by Crippen LogP contribution is -2.23. The Hall–Kier alpha value is -1.68. The van der Waals surface area contributed by atoms with Crippen LogP contribution in [0.15, 0.2) is 30.5 Å². The van der Waals surface area contributed by atoms with Crippen molar-refractivity contribution in [3.05, 3.63) is 47.3 Å². The number of hydrogen-bond acceptors (Lipinski definition) is 3. The lowest BCUT2D eigenvalue weighted by atomic mass is 10.0. The maximum Gasteiger partial charge on any atom is 0.0997 e. The molecule has 0 fully saturated rings. The number of aryl methyl sites for hydroxylation is 1. The van der Waals surface area contributed by atoms with Crippen LogP contribution in [0, 0.1) is 6.92 Å². The summed E-state index contributed by atoms with van der Waals surface area (Å²) in [6.07, 6.45) is 2.71. The highest BCUT2D eigenvalue weighted by Crippen LogP contribution is 2.15. The van der Waals surface area contributed by atoms with Crippen LogP contribution in [0.1, 0.15) is 29.8 Å². The zero-order chi connectivity index (χ0) is 12.1. The summed E-state index contributed by atoms with van der Waals surface area (Å²) < 4.78 is 0. The van der Waals surface area contributed by atoms with Gasteiger partial charge in [0.25, 0.3) is 0 Å². The summed E-state index contributed by atoms with van der Waals surface area (Å²) >= 11 is 0. The van der Waals surface area contributed by atoms with Crippen LogP contribution in [0.25, 0.3) is 0 Å². The van der Waals surface area contributed by atoms with Crippen molar-refractivity contribution in [3.8, 4) is 0 Å². The van der Waals surface area contributed by atoms with Crippen LogP contribution < -0.4 is 5.32 Å². The van der Waals surface area contributed by atoms with Gasteiger partial charge in [-0.05, 0) is 25.5 Å². The average Bonchev–Trinajstić information content (AvgIpc) is 2.85. The first-order chi connectivity index (χ1) is 8.29. The van der Waals surface area contributed by atoms with Crippen LogP contribution in [-0.2, 0) is 6.42 Å². The summed E-state index contributed by atoms with van der Waals surface area (Å²) in [5.74, 6) is 0. The fourth-order valence-corrected chi connectivity index (χ4v) is 1.87. The van der Waals surface area contributed by atoms with Crippen molar-refractivity contribution < 1.29 is 0 Å². The van der Waals surface area contributed by atoms with Gasteiger partial charge in [0.1, 0.15) is 0 Å². The first-order valence-electron chi connectivity index (χ1n) is 5.94. The molecule has 0 bridgehead atoms. The number of hydrogen-bond donors (Lipinski definition) is 2. The molecule has 1 aromatic heterocycles. The van der Waals surface area contributed by atoms with E-state index in [-0.39, 0.29) is 6.04 Å². The molecular weight excluding hydrogens is 212 g/mol. The highest BCUT2D eigenvalue weighted by molar-refractivity contribution is 5.23. The first-order valence-corrected chi connectivity index (χ1v) is 5.94. The molecule has 4 nitrogen and oxygen atoms in total. The van der Waals surface area contributed by atoms with Gasteiger partial charge in [-0.25, -0.2) is 0 Å². The van der Waals surface area contributed by atoms with Gasteiger partial charge in [0, 0.05) is 0 Å². The molecule has 1 heterocycles. The Balaban J connectivity index is 2.10. The number of rotatable bonds is 5. The third-order valence-electron chi connectivity index (χ3n) is 2.80. The molecule has 0 aliphatic carbocycles. The molecule has 0 aliphatic heterocycles. The van der Waals surface area contributed by atoms with Gasteiger partial charge < -0.3 is 5.32 Å². The predicted octanol–water partition coefficient (Wildman–Crippen LogP) is 2.01. The SMILES string of the molecule is CCNC(Cc1ccc(C)cc1)c1cn[nH]n1. The molecule has 1 atom stereocenters. The monoisotopic (exact) mass is 230 g/mol. The van der Waals surface area contributed by atoms with Crippen molar-refractivity contribution in [2.45, 2.75) is 26.3 Å². The van der Waals surface area contributed by atoms with Gasteiger partial charge in [-0.1, -0.05) is 36.8 Å². The van der Waals surface area contributed by atoms with Crippen LogP contribution >= 0.6 is 0 Å². The van der Waals surface area contributed by atoms with Crippen LogP contribution in [-0.4, -0.2) is 22.0 Å². The highest BCUT2D eigenvalue weighted by atomic mass is 15.3. The summed E-state index contributed by atoms with van der Waals surface area (Å²) in [5, 5.41) is 14.1. The lowest BCUT2D eigenvalue weighted by Gasteiger charge is -2.15. The molecule has 2 N–H and O–H groups in total. The number of benzene rings is 1. The Morgan fingerprint density at radius 2 is 2.06 bits per heavy atom. The van der Waals surface area contributed by atoms with E-state index < -0.39 is 0 Å². The zero-order valence-corrected chi connectivity index (χ0v) is 10.3. The van der Waals surface area contributed by atoms with Crippen molar-refractivity contribution in [1.82, 2.24) is 20.7 Å². The minimum Gasteiger partial charge on any atom is -0.309 e. The molecule has 0 radical (unpaired) electrons. The fraction of sp³-hybridized carbons (Fsp3) is 0.385. The van der Waals surface area contributed by atoms with Crippen molar-refractivity contribution in [3.63, 3.8) is 0 Å². The van der Waals surface area contributed by atoms with E-state index in [1.165, 1.54) is 11.1 Å². The van der Waals surface area contributed by atoms with Gasteiger partial charge in [0.15, 0.2) is 0 Å². The number of aromatic nitrogens is 3. The largest absolute Gasteiger partial charge is 0.309 e. The first kappa shape index (κ1) is 11.8. The predicted molar refractivity (Wildman–Crippen MR) is 67.7 cm³/mol. The van der Waals surface area contributed by atoms with Gasteiger partial charge in [0.2, 0.25) is 0 Å². The molecular formula is C13H18N4. The third kappa shape index (κ3) is 3.14. The molecule has 2 rings (SSSR count). The molecule has 0 spiro atoms. The smallest absolute Gasteiger partial charge is 0.0997 e. The minimum atomic E-state index is 0.224. The Morgan fingerprint density at radius 3 is 2.65 bits per heavy atom. The summed E-state index contributed by atoms with van der Waals surface area (Å²) in [6.45, 7) is 5.12. The molecule has 4 heteroatoms. The van der Waals surface area contributed by atoms with E-state index in [0.717, 1.165) is 18.7 Å². The second-order valence-electron chi connectivity index (χ2n) is 4.19. The molecule has 17 heavy (non-hydrogen) atoms. The Kier molecular flexibility index (Phi) is 3.88. The summed E-state index contributed by atoms with van der Waals surface area (Å²) in [4.78, 5) is 0. The summed E-state index contributed by atoms with van der Waals surface area (Å²) in [7, 11) is 0. The number of nitrogens with one attached hydrogen (secondary N) is 2. The van der Waals surface area contributed by atoms with E-state index in [2.05, 4.69) is 58.8 Å². The van der Waals surface area contributed by atoms with Gasteiger partial charge >= 0.3 is 0 Å². The van der Waals surface area contributed by atoms with Crippen LogP contribution in [0.2, 0.25) is 0 Å². The lowest BCUT2D eigenvalue weighted by molar-refractivity contribution is 0.535. The van der Waals surface area contributed by atoms with Crippen LogP contribution in [0.4, 0.5) is 0 Å². The number of nitrogens with zero attached hydrogens (tertiary/aromatic N) is 2. The minimum absolute atomic E-state index is 0.224. The van der Waals surface area contributed by atoms with Crippen molar-refractivity contribution >= 4 is 0 Å². The van der Waals surface area contributed by atoms with E-state index in [9.17, 15) is 0 Å². The van der Waals surface area contributed by atoms with E-state index in [1.807, 2.05) is 0 Å². The quantitative estimate of drug-likeness (QED) is 0.826.